The predicted molar refractivity (Wildman–Crippen MR) is 125 cm³/mol. The van der Waals surface area contributed by atoms with E-state index in [4.69, 9.17) is 23.1 Å². The molecular weight excluding hydrogens is 451 g/mol. The number of imidazole rings is 1. The third kappa shape index (κ3) is 5.12. The summed E-state index contributed by atoms with van der Waals surface area (Å²) < 4.78 is 39.7. The highest BCUT2D eigenvalue weighted by atomic mass is 32.1. The second kappa shape index (κ2) is 9.16. The molecule has 33 heavy (non-hydrogen) atoms. The van der Waals surface area contributed by atoms with Gasteiger partial charge in [-0.3, -0.25) is 0 Å². The number of benzene rings is 2. The Balaban J connectivity index is 1.82. The summed E-state index contributed by atoms with van der Waals surface area (Å²) in [5, 5.41) is 17.0. The average Bonchev–Trinajstić information content (AvgIpc) is 3.22. The van der Waals surface area contributed by atoms with Gasteiger partial charge >= 0.3 is 6.18 Å². The van der Waals surface area contributed by atoms with Crippen LogP contribution in [0.5, 0.6) is 0 Å². The number of anilines is 1. The molecule has 4 aromatic rings. The van der Waals surface area contributed by atoms with Crippen molar-refractivity contribution >= 4 is 28.5 Å². The summed E-state index contributed by atoms with van der Waals surface area (Å²) in [5.41, 5.74) is 10.6. The number of nitrogens with one attached hydrogen (secondary N) is 1. The maximum Gasteiger partial charge on any atom is 0.390 e. The summed E-state index contributed by atoms with van der Waals surface area (Å²) in [7, 11) is 0. The van der Waals surface area contributed by atoms with Crippen molar-refractivity contribution in [2.24, 2.45) is 5.73 Å². The third-order valence-electron chi connectivity index (χ3n) is 5.06. The minimum Gasteiger partial charge on any atom is -0.392 e. The molecule has 2 heterocycles. The number of rotatable bonds is 7. The van der Waals surface area contributed by atoms with Crippen molar-refractivity contribution in [3.05, 3.63) is 71.9 Å². The number of halogens is 3. The van der Waals surface area contributed by atoms with E-state index in [-0.39, 0.29) is 18.1 Å². The highest BCUT2D eigenvalue weighted by Gasteiger charge is 2.26. The third-order valence-corrected chi connectivity index (χ3v) is 5.30. The van der Waals surface area contributed by atoms with Gasteiger partial charge in [-0.15, -0.1) is 0 Å². The average molecular weight is 472 g/mol. The van der Waals surface area contributed by atoms with E-state index in [1.807, 2.05) is 18.2 Å². The number of alkyl halides is 3. The molecule has 0 radical (unpaired) electrons. The zero-order valence-electron chi connectivity index (χ0n) is 17.3. The normalized spacial score (nSPS) is 11.6. The second-order valence-corrected chi connectivity index (χ2v) is 7.85. The molecule has 10 heteroatoms. The number of hydrogen-bond acceptors (Lipinski definition) is 5. The van der Waals surface area contributed by atoms with E-state index < -0.39 is 12.6 Å². The van der Waals surface area contributed by atoms with Gasteiger partial charge in [-0.05, 0) is 17.7 Å². The van der Waals surface area contributed by atoms with E-state index in [2.05, 4.69) is 10.3 Å². The van der Waals surface area contributed by atoms with Crippen LogP contribution < -0.4 is 11.1 Å². The molecule has 2 aromatic carbocycles. The molecule has 0 saturated heterocycles. The molecule has 0 aliphatic carbocycles. The SMILES string of the molecule is NC(=S)c1ccc(-c2cnc3c(NCCC(F)(F)F)cc(-c4cccc(CO)c4)nn23)cc1. The molecule has 0 amide bonds. The number of aromatic nitrogens is 3. The summed E-state index contributed by atoms with van der Waals surface area (Å²) in [6, 6.07) is 16.0. The molecule has 0 spiro atoms. The van der Waals surface area contributed by atoms with Crippen LogP contribution in [0, 0.1) is 0 Å². The number of aliphatic hydroxyl groups excluding tert-OH is 1. The summed E-state index contributed by atoms with van der Waals surface area (Å²) >= 11 is 5.00. The first-order valence-corrected chi connectivity index (χ1v) is 10.5. The number of nitrogens with zero attached hydrogens (tertiary/aromatic N) is 3. The van der Waals surface area contributed by atoms with Gasteiger partial charge < -0.3 is 16.2 Å². The lowest BCUT2D eigenvalue weighted by Gasteiger charge is -2.13. The maximum atomic E-state index is 12.7. The van der Waals surface area contributed by atoms with E-state index in [0.717, 1.165) is 5.56 Å². The van der Waals surface area contributed by atoms with Gasteiger partial charge in [0.2, 0.25) is 0 Å². The Bertz CT molecular complexity index is 1300. The number of aliphatic hydroxyl groups is 1. The summed E-state index contributed by atoms with van der Waals surface area (Å²) in [6.45, 7) is -0.442. The number of nitrogens with two attached hydrogens (primary N) is 1. The Hall–Kier alpha value is -3.50. The Morgan fingerprint density at radius 3 is 2.52 bits per heavy atom. The maximum absolute atomic E-state index is 12.7. The Morgan fingerprint density at radius 2 is 1.85 bits per heavy atom. The number of hydrogen-bond donors (Lipinski definition) is 3. The van der Waals surface area contributed by atoms with Gasteiger partial charge in [0.15, 0.2) is 5.65 Å². The molecule has 0 saturated carbocycles. The quantitative estimate of drug-likeness (QED) is 0.343. The fraction of sp³-hybridized carbons (Fsp3) is 0.174. The standard InChI is InChI=1S/C23H20F3N5OS/c24-23(25,26)8-9-28-19-11-18(17-3-1-2-14(10-17)13-32)30-31-20(12-29-22(19)31)15-4-6-16(7-5-15)21(27)33/h1-7,10-12,28,32H,8-9,13H2,(H2,27,33). The fourth-order valence-corrected chi connectivity index (χ4v) is 3.55. The monoisotopic (exact) mass is 471 g/mol. The van der Waals surface area contributed by atoms with Crippen LogP contribution in [0.3, 0.4) is 0 Å². The van der Waals surface area contributed by atoms with Gasteiger partial charge in [0, 0.05) is 23.2 Å². The molecule has 4 N–H and O–H groups in total. The van der Waals surface area contributed by atoms with Crippen molar-refractivity contribution in [3.63, 3.8) is 0 Å². The molecule has 170 valence electrons. The summed E-state index contributed by atoms with van der Waals surface area (Å²) in [6.07, 6.45) is -3.65. The van der Waals surface area contributed by atoms with Crippen LogP contribution in [-0.2, 0) is 6.61 Å². The molecule has 0 atom stereocenters. The van der Waals surface area contributed by atoms with Crippen LogP contribution >= 0.6 is 12.2 Å². The lowest BCUT2D eigenvalue weighted by Crippen LogP contribution is -2.15. The van der Waals surface area contributed by atoms with Crippen LogP contribution in [0.2, 0.25) is 0 Å². The minimum absolute atomic E-state index is 0.140. The molecule has 0 aliphatic rings. The molecule has 6 nitrogen and oxygen atoms in total. The van der Waals surface area contributed by atoms with Gasteiger partial charge in [0.25, 0.3) is 0 Å². The Kier molecular flexibility index (Phi) is 6.30. The van der Waals surface area contributed by atoms with Crippen molar-refractivity contribution < 1.29 is 18.3 Å². The molecule has 0 aliphatic heterocycles. The van der Waals surface area contributed by atoms with Gasteiger partial charge in [-0.25, -0.2) is 9.50 Å². The highest BCUT2D eigenvalue weighted by molar-refractivity contribution is 7.80. The fourth-order valence-electron chi connectivity index (χ4n) is 3.41. The number of fused-ring (bicyclic) bond motifs is 1. The van der Waals surface area contributed by atoms with Crippen LogP contribution in [-0.4, -0.2) is 37.4 Å². The van der Waals surface area contributed by atoms with E-state index in [9.17, 15) is 18.3 Å². The van der Waals surface area contributed by atoms with Crippen LogP contribution in [0.15, 0.2) is 60.8 Å². The van der Waals surface area contributed by atoms with Crippen molar-refractivity contribution in [3.8, 4) is 22.5 Å². The Morgan fingerprint density at radius 1 is 1.09 bits per heavy atom. The first-order chi connectivity index (χ1) is 15.7. The van der Waals surface area contributed by atoms with Crippen LogP contribution in [0.4, 0.5) is 18.9 Å². The van der Waals surface area contributed by atoms with Gasteiger partial charge in [-0.1, -0.05) is 54.7 Å². The van der Waals surface area contributed by atoms with Gasteiger partial charge in [0.1, 0.15) is 4.99 Å². The lowest BCUT2D eigenvalue weighted by atomic mass is 10.1. The predicted octanol–water partition coefficient (Wildman–Crippen LogP) is 4.55. The summed E-state index contributed by atoms with van der Waals surface area (Å²) in [4.78, 5) is 4.68. The van der Waals surface area contributed by atoms with E-state index in [1.54, 1.807) is 47.1 Å². The minimum atomic E-state index is -4.28. The molecular formula is C23H20F3N5OS. The van der Waals surface area contributed by atoms with E-state index in [1.165, 1.54) is 0 Å². The first-order valence-electron chi connectivity index (χ1n) is 10.0. The first kappa shape index (κ1) is 22.7. The topological polar surface area (TPSA) is 88.5 Å². The van der Waals surface area contributed by atoms with E-state index in [0.29, 0.717) is 39.4 Å². The van der Waals surface area contributed by atoms with Crippen LogP contribution in [0.25, 0.3) is 28.2 Å². The summed E-state index contributed by atoms with van der Waals surface area (Å²) in [5.74, 6) is 0. The Labute approximate surface area is 192 Å². The van der Waals surface area contributed by atoms with Crippen LogP contribution in [0.1, 0.15) is 17.5 Å². The molecule has 0 bridgehead atoms. The molecule has 4 rings (SSSR count). The van der Waals surface area contributed by atoms with Crippen molar-refractivity contribution in [2.45, 2.75) is 19.2 Å². The van der Waals surface area contributed by atoms with Crippen molar-refractivity contribution in [1.82, 2.24) is 14.6 Å². The molecule has 2 aromatic heterocycles. The lowest BCUT2D eigenvalue weighted by molar-refractivity contribution is -0.131. The van der Waals surface area contributed by atoms with E-state index >= 15 is 0 Å². The second-order valence-electron chi connectivity index (χ2n) is 7.41. The van der Waals surface area contributed by atoms with Gasteiger partial charge in [-0.2, -0.15) is 18.3 Å². The zero-order valence-corrected chi connectivity index (χ0v) is 18.1. The smallest absolute Gasteiger partial charge is 0.390 e. The van der Waals surface area contributed by atoms with Gasteiger partial charge in [0.05, 0.1) is 36.3 Å². The molecule has 0 fully saturated rings. The largest absolute Gasteiger partial charge is 0.392 e. The zero-order chi connectivity index (χ0) is 23.6. The van der Waals surface area contributed by atoms with Crippen molar-refractivity contribution in [2.75, 3.05) is 11.9 Å². The van der Waals surface area contributed by atoms with Crippen molar-refractivity contribution in [1.29, 1.82) is 0 Å². The molecule has 0 unspecified atom stereocenters. The highest BCUT2D eigenvalue weighted by Crippen LogP contribution is 2.29. The number of thiocarbonyl (C=S) groups is 1.